The number of rotatable bonds is 4. The Kier molecular flexibility index (Phi) is 4.65. The van der Waals surface area contributed by atoms with E-state index < -0.39 is 23.3 Å². The van der Waals surface area contributed by atoms with Gasteiger partial charge in [0.05, 0.1) is 16.5 Å². The van der Waals surface area contributed by atoms with Gasteiger partial charge in [0, 0.05) is 24.6 Å². The van der Waals surface area contributed by atoms with Crippen molar-refractivity contribution < 1.29 is 18.0 Å². The van der Waals surface area contributed by atoms with Gasteiger partial charge in [0.25, 0.3) is 11.5 Å². The zero-order chi connectivity index (χ0) is 21.5. The molecule has 3 aromatic heterocycles. The maximum atomic E-state index is 13.5. The number of hydrogen-bond acceptors (Lipinski definition) is 4. The van der Waals surface area contributed by atoms with Crippen LogP contribution in [0.4, 0.5) is 18.9 Å². The summed E-state index contributed by atoms with van der Waals surface area (Å²) in [5, 5.41) is 8.87. The average molecular weight is 416 g/mol. The number of aromatic amines is 1. The molecule has 2 N–H and O–H groups in total. The number of benzene rings is 1. The van der Waals surface area contributed by atoms with Crippen molar-refractivity contribution in [2.75, 3.05) is 5.32 Å². The number of carbonyl (C=O) groups is 1. The number of anilines is 1. The molecule has 1 amide bonds. The van der Waals surface area contributed by atoms with Crippen LogP contribution in [-0.4, -0.2) is 30.5 Å². The molecule has 0 saturated heterocycles. The molecule has 3 heterocycles. The number of aromatic nitrogens is 5. The van der Waals surface area contributed by atoms with E-state index in [9.17, 15) is 22.8 Å². The third kappa shape index (κ3) is 3.45. The number of fused-ring (bicyclic) bond motifs is 1. The van der Waals surface area contributed by atoms with Gasteiger partial charge in [-0.3, -0.25) is 19.4 Å². The van der Waals surface area contributed by atoms with Crippen LogP contribution in [-0.2, 0) is 12.7 Å². The fourth-order valence-corrected chi connectivity index (χ4v) is 3.08. The summed E-state index contributed by atoms with van der Waals surface area (Å²) in [6, 6.07) is 9.19. The topological polar surface area (TPSA) is 97.6 Å². The SMILES string of the molecule is CCn1[nH]c(=O)c2cc(NC(=O)c3cn(-c4ccccn4)nc3C(F)(F)F)ccc21. The van der Waals surface area contributed by atoms with Gasteiger partial charge in [0.15, 0.2) is 11.5 Å². The summed E-state index contributed by atoms with van der Waals surface area (Å²) < 4.78 is 42.9. The highest BCUT2D eigenvalue weighted by Gasteiger charge is 2.39. The van der Waals surface area contributed by atoms with E-state index in [2.05, 4.69) is 20.5 Å². The lowest BCUT2D eigenvalue weighted by atomic mass is 10.2. The quantitative estimate of drug-likeness (QED) is 0.534. The first-order valence-electron chi connectivity index (χ1n) is 8.90. The number of pyridine rings is 1. The van der Waals surface area contributed by atoms with Crippen LogP contribution in [0.15, 0.2) is 53.6 Å². The van der Waals surface area contributed by atoms with Crippen molar-refractivity contribution in [3.8, 4) is 5.82 Å². The predicted octanol–water partition coefficient (Wildman–Crippen LogP) is 3.20. The summed E-state index contributed by atoms with van der Waals surface area (Å²) in [4.78, 5) is 28.6. The minimum Gasteiger partial charge on any atom is -0.322 e. The van der Waals surface area contributed by atoms with Crippen molar-refractivity contribution in [1.29, 1.82) is 0 Å². The largest absolute Gasteiger partial charge is 0.435 e. The number of alkyl halides is 3. The van der Waals surface area contributed by atoms with E-state index in [0.29, 0.717) is 17.4 Å². The Morgan fingerprint density at radius 1 is 1.23 bits per heavy atom. The molecule has 0 aliphatic carbocycles. The van der Waals surface area contributed by atoms with Gasteiger partial charge in [-0.2, -0.15) is 18.3 Å². The second-order valence-electron chi connectivity index (χ2n) is 6.39. The van der Waals surface area contributed by atoms with Crippen LogP contribution in [0.25, 0.3) is 16.7 Å². The molecule has 30 heavy (non-hydrogen) atoms. The zero-order valence-electron chi connectivity index (χ0n) is 15.6. The van der Waals surface area contributed by atoms with Gasteiger partial charge in [-0.05, 0) is 37.3 Å². The third-order valence-electron chi connectivity index (χ3n) is 4.45. The van der Waals surface area contributed by atoms with E-state index in [4.69, 9.17) is 0 Å². The van der Waals surface area contributed by atoms with E-state index >= 15 is 0 Å². The van der Waals surface area contributed by atoms with Crippen molar-refractivity contribution in [1.82, 2.24) is 24.5 Å². The van der Waals surface area contributed by atoms with Gasteiger partial charge in [0.1, 0.15) is 0 Å². The molecule has 1 aromatic carbocycles. The molecule has 4 aromatic rings. The molecule has 0 atom stereocenters. The second-order valence-corrected chi connectivity index (χ2v) is 6.39. The summed E-state index contributed by atoms with van der Waals surface area (Å²) >= 11 is 0. The van der Waals surface area contributed by atoms with Crippen LogP contribution in [0.5, 0.6) is 0 Å². The molecule has 8 nitrogen and oxygen atoms in total. The van der Waals surface area contributed by atoms with Gasteiger partial charge in [0.2, 0.25) is 0 Å². The average Bonchev–Trinajstić information content (AvgIpc) is 3.31. The van der Waals surface area contributed by atoms with Crippen LogP contribution < -0.4 is 10.9 Å². The lowest BCUT2D eigenvalue weighted by Gasteiger charge is -2.07. The molecule has 0 saturated carbocycles. The normalized spacial score (nSPS) is 11.7. The van der Waals surface area contributed by atoms with Gasteiger partial charge < -0.3 is 5.32 Å². The number of aryl methyl sites for hydroxylation is 1. The monoisotopic (exact) mass is 416 g/mol. The van der Waals surface area contributed by atoms with Gasteiger partial charge >= 0.3 is 6.18 Å². The minimum absolute atomic E-state index is 0.135. The molecule has 0 radical (unpaired) electrons. The summed E-state index contributed by atoms with van der Waals surface area (Å²) in [5.41, 5.74) is -1.54. The standard InChI is InChI=1S/C19H15F3N6O2/c1-2-27-14-7-6-11(9-12(14)18(30)26-27)24-17(29)13-10-28(15-5-3-4-8-23-15)25-16(13)19(20,21)22/h3-10H,2H2,1H3,(H,24,29)(H,26,30). The molecule has 0 fully saturated rings. The molecular formula is C19H15F3N6O2. The Morgan fingerprint density at radius 2 is 2.03 bits per heavy atom. The third-order valence-corrected chi connectivity index (χ3v) is 4.45. The number of amides is 1. The Labute approximate surface area is 166 Å². The van der Waals surface area contributed by atoms with Crippen molar-refractivity contribution in [2.45, 2.75) is 19.6 Å². The fraction of sp³-hybridized carbons (Fsp3) is 0.158. The molecule has 154 valence electrons. The molecule has 0 bridgehead atoms. The summed E-state index contributed by atoms with van der Waals surface area (Å²) in [7, 11) is 0. The van der Waals surface area contributed by atoms with Crippen LogP contribution in [0.2, 0.25) is 0 Å². The number of nitrogens with zero attached hydrogens (tertiary/aromatic N) is 4. The van der Waals surface area contributed by atoms with Crippen LogP contribution >= 0.6 is 0 Å². The highest BCUT2D eigenvalue weighted by atomic mass is 19.4. The lowest BCUT2D eigenvalue weighted by molar-refractivity contribution is -0.141. The smallest absolute Gasteiger partial charge is 0.322 e. The predicted molar refractivity (Wildman–Crippen MR) is 103 cm³/mol. The molecule has 0 spiro atoms. The van der Waals surface area contributed by atoms with E-state index in [1.54, 1.807) is 22.9 Å². The Morgan fingerprint density at radius 3 is 2.70 bits per heavy atom. The summed E-state index contributed by atoms with van der Waals surface area (Å²) in [5.74, 6) is -0.869. The Hall–Kier alpha value is -3.89. The Bertz CT molecular complexity index is 1290. The highest BCUT2D eigenvalue weighted by molar-refractivity contribution is 6.05. The minimum atomic E-state index is -4.84. The number of nitrogens with one attached hydrogen (secondary N) is 2. The summed E-state index contributed by atoms with van der Waals surface area (Å²) in [6.45, 7) is 2.38. The van der Waals surface area contributed by atoms with Crippen molar-refractivity contribution in [3.63, 3.8) is 0 Å². The molecule has 0 aliphatic heterocycles. The molecule has 0 unspecified atom stereocenters. The first kappa shape index (κ1) is 19.4. The van der Waals surface area contributed by atoms with Crippen molar-refractivity contribution in [3.05, 3.63) is 70.4 Å². The number of hydrogen-bond donors (Lipinski definition) is 2. The molecule has 4 rings (SSSR count). The fourth-order valence-electron chi connectivity index (χ4n) is 3.08. The lowest BCUT2D eigenvalue weighted by Crippen LogP contribution is -2.17. The first-order chi connectivity index (χ1) is 14.3. The van der Waals surface area contributed by atoms with Crippen LogP contribution in [0, 0.1) is 0 Å². The van der Waals surface area contributed by atoms with Gasteiger partial charge in [-0.15, -0.1) is 0 Å². The van der Waals surface area contributed by atoms with E-state index in [1.165, 1.54) is 24.4 Å². The zero-order valence-corrected chi connectivity index (χ0v) is 15.6. The van der Waals surface area contributed by atoms with E-state index in [1.807, 2.05) is 6.92 Å². The van der Waals surface area contributed by atoms with Gasteiger partial charge in [-0.1, -0.05) is 6.07 Å². The maximum absolute atomic E-state index is 13.5. The molecule has 11 heteroatoms. The van der Waals surface area contributed by atoms with Gasteiger partial charge in [-0.25, -0.2) is 9.67 Å². The van der Waals surface area contributed by atoms with Crippen LogP contribution in [0.1, 0.15) is 23.0 Å². The Balaban J connectivity index is 1.71. The number of carbonyl (C=O) groups excluding carboxylic acids is 1. The molecule has 0 aliphatic rings. The highest BCUT2D eigenvalue weighted by Crippen LogP contribution is 2.31. The number of H-pyrrole nitrogens is 1. The first-order valence-corrected chi connectivity index (χ1v) is 8.90. The van der Waals surface area contributed by atoms with Crippen molar-refractivity contribution in [2.24, 2.45) is 0 Å². The van der Waals surface area contributed by atoms with Crippen molar-refractivity contribution >= 4 is 22.5 Å². The molecular weight excluding hydrogens is 401 g/mol. The van der Waals surface area contributed by atoms with Crippen LogP contribution in [0.3, 0.4) is 0 Å². The summed E-state index contributed by atoms with van der Waals surface area (Å²) in [6.07, 6.45) is -2.47. The second kappa shape index (κ2) is 7.17. The van der Waals surface area contributed by atoms with E-state index in [0.717, 1.165) is 10.9 Å². The number of halogens is 3. The van der Waals surface area contributed by atoms with E-state index in [-0.39, 0.29) is 17.1 Å². The maximum Gasteiger partial charge on any atom is 0.435 e.